The van der Waals surface area contributed by atoms with Gasteiger partial charge in [-0.05, 0) is 32.1 Å². The first-order chi connectivity index (χ1) is 15.2. The van der Waals surface area contributed by atoms with Gasteiger partial charge in [-0.1, -0.05) is 38.5 Å². The van der Waals surface area contributed by atoms with Crippen LogP contribution in [0.1, 0.15) is 70.6 Å². The minimum Gasteiger partial charge on any atom is -0.379 e. The van der Waals surface area contributed by atoms with Crippen LogP contribution in [0.25, 0.3) is 0 Å². The first-order valence-corrected chi connectivity index (χ1v) is 12.8. The lowest BCUT2D eigenvalue weighted by Gasteiger charge is -2.48. The Hall–Kier alpha value is -0.610. The highest BCUT2D eigenvalue weighted by Crippen LogP contribution is 2.34. The molecule has 2 aliphatic carbocycles. The SMILES string of the molecule is CN=C(NCC1(N2CCOCC2)CCCCC1)NC1CCN(C(=O)C2CCCCC2)C1.I. The van der Waals surface area contributed by atoms with Crippen molar-refractivity contribution in [1.82, 2.24) is 20.4 Å². The van der Waals surface area contributed by atoms with Crippen molar-refractivity contribution in [3.05, 3.63) is 0 Å². The van der Waals surface area contributed by atoms with E-state index in [0.717, 1.165) is 71.2 Å². The van der Waals surface area contributed by atoms with Gasteiger partial charge in [-0.2, -0.15) is 0 Å². The lowest BCUT2D eigenvalue weighted by Crippen LogP contribution is -2.61. The number of likely N-dealkylation sites (tertiary alicyclic amines) is 1. The van der Waals surface area contributed by atoms with Gasteiger partial charge >= 0.3 is 0 Å². The zero-order valence-corrected chi connectivity index (χ0v) is 22.3. The molecule has 2 heterocycles. The first-order valence-electron chi connectivity index (χ1n) is 12.8. The molecule has 0 aromatic carbocycles. The Morgan fingerprint density at radius 3 is 2.38 bits per heavy atom. The molecule has 0 aromatic rings. The molecular formula is C24H44IN5O2. The van der Waals surface area contributed by atoms with Crippen LogP contribution in [0.2, 0.25) is 0 Å². The molecule has 32 heavy (non-hydrogen) atoms. The number of halogens is 1. The van der Waals surface area contributed by atoms with Crippen LogP contribution in [0.3, 0.4) is 0 Å². The highest BCUT2D eigenvalue weighted by Gasteiger charge is 2.39. The Morgan fingerprint density at radius 2 is 1.69 bits per heavy atom. The van der Waals surface area contributed by atoms with E-state index in [4.69, 9.17) is 4.74 Å². The summed E-state index contributed by atoms with van der Waals surface area (Å²) in [6, 6.07) is 0.296. The molecule has 0 aromatic heterocycles. The minimum atomic E-state index is 0. The number of aliphatic imine (C=N–C) groups is 1. The van der Waals surface area contributed by atoms with Crippen LogP contribution in [0.15, 0.2) is 4.99 Å². The second-order valence-electron chi connectivity index (χ2n) is 10.1. The standard InChI is InChI=1S/C24H43N5O2.HI/c1-25-23(26-19-24(11-6-3-7-12-24)29-14-16-31-17-15-29)27-21-10-13-28(18-21)22(30)20-8-4-2-5-9-20;/h20-21H,2-19H2,1H3,(H2,25,26,27);1H. The molecule has 0 spiro atoms. The van der Waals surface area contributed by atoms with Crippen molar-refractivity contribution >= 4 is 35.8 Å². The molecule has 4 rings (SSSR count). The molecule has 2 saturated carbocycles. The molecule has 4 fully saturated rings. The second kappa shape index (κ2) is 12.7. The Morgan fingerprint density at radius 1 is 1.00 bits per heavy atom. The second-order valence-corrected chi connectivity index (χ2v) is 10.1. The number of hydrogen-bond acceptors (Lipinski definition) is 4. The maximum atomic E-state index is 12.9. The average Bonchev–Trinajstić information content (AvgIpc) is 3.31. The van der Waals surface area contributed by atoms with Crippen molar-refractivity contribution in [2.24, 2.45) is 10.9 Å². The smallest absolute Gasteiger partial charge is 0.225 e. The molecule has 7 nitrogen and oxygen atoms in total. The molecule has 0 bridgehead atoms. The zero-order valence-electron chi connectivity index (χ0n) is 19.9. The number of morpholine rings is 1. The van der Waals surface area contributed by atoms with Crippen molar-refractivity contribution in [2.75, 3.05) is 53.0 Å². The summed E-state index contributed by atoms with van der Waals surface area (Å²) < 4.78 is 5.61. The molecule has 1 amide bonds. The molecule has 184 valence electrons. The number of ether oxygens (including phenoxy) is 1. The quantitative estimate of drug-likeness (QED) is 0.307. The summed E-state index contributed by atoms with van der Waals surface area (Å²) in [6.45, 7) is 6.39. The number of guanidine groups is 1. The number of rotatable bonds is 5. The van der Waals surface area contributed by atoms with Gasteiger partial charge in [0.05, 0.1) is 13.2 Å². The minimum absolute atomic E-state index is 0. The highest BCUT2D eigenvalue weighted by molar-refractivity contribution is 14.0. The summed E-state index contributed by atoms with van der Waals surface area (Å²) in [5.41, 5.74) is 0.221. The summed E-state index contributed by atoms with van der Waals surface area (Å²) in [7, 11) is 1.86. The fourth-order valence-electron chi connectivity index (χ4n) is 6.17. The zero-order chi connectivity index (χ0) is 21.5. The lowest BCUT2D eigenvalue weighted by atomic mass is 9.80. The van der Waals surface area contributed by atoms with Crippen LogP contribution < -0.4 is 10.6 Å². The van der Waals surface area contributed by atoms with E-state index in [9.17, 15) is 4.79 Å². The Balaban J connectivity index is 0.00000289. The molecule has 2 saturated heterocycles. The molecule has 1 atom stereocenters. The van der Waals surface area contributed by atoms with Gasteiger partial charge in [0, 0.05) is 57.3 Å². The van der Waals surface area contributed by atoms with Gasteiger partial charge in [-0.25, -0.2) is 0 Å². The number of nitrogens with one attached hydrogen (secondary N) is 2. The predicted octanol–water partition coefficient (Wildman–Crippen LogP) is 2.99. The lowest BCUT2D eigenvalue weighted by molar-refractivity contribution is -0.135. The first kappa shape index (κ1) is 26.0. The van der Waals surface area contributed by atoms with Crippen LogP contribution in [-0.2, 0) is 9.53 Å². The van der Waals surface area contributed by atoms with Gasteiger partial charge in [0.25, 0.3) is 0 Å². The number of nitrogens with zero attached hydrogens (tertiary/aromatic N) is 3. The molecule has 0 radical (unpaired) electrons. The maximum absolute atomic E-state index is 12.9. The van der Waals surface area contributed by atoms with Crippen molar-refractivity contribution in [3.8, 4) is 0 Å². The Bertz CT molecular complexity index is 614. The molecule has 8 heteroatoms. The predicted molar refractivity (Wildman–Crippen MR) is 140 cm³/mol. The molecule has 4 aliphatic rings. The van der Waals surface area contributed by atoms with E-state index in [1.54, 1.807) is 0 Å². The summed E-state index contributed by atoms with van der Waals surface area (Å²) in [5, 5.41) is 7.28. The molecule has 2 N–H and O–H groups in total. The fraction of sp³-hybridized carbons (Fsp3) is 0.917. The van der Waals surface area contributed by atoms with E-state index < -0.39 is 0 Å². The van der Waals surface area contributed by atoms with Crippen LogP contribution in [0, 0.1) is 5.92 Å². The van der Waals surface area contributed by atoms with E-state index >= 15 is 0 Å². The summed E-state index contributed by atoms with van der Waals surface area (Å²) in [5.74, 6) is 1.54. The Labute approximate surface area is 211 Å². The van der Waals surface area contributed by atoms with Gasteiger partial charge in [0.1, 0.15) is 0 Å². The van der Waals surface area contributed by atoms with Crippen LogP contribution >= 0.6 is 24.0 Å². The van der Waals surface area contributed by atoms with Crippen molar-refractivity contribution in [2.45, 2.75) is 82.2 Å². The van der Waals surface area contributed by atoms with Crippen LogP contribution in [-0.4, -0.2) is 86.2 Å². The fourth-order valence-corrected chi connectivity index (χ4v) is 6.17. The van der Waals surface area contributed by atoms with Gasteiger partial charge in [0.2, 0.25) is 5.91 Å². The highest BCUT2D eigenvalue weighted by atomic mass is 127. The number of amides is 1. The van der Waals surface area contributed by atoms with Crippen LogP contribution in [0.5, 0.6) is 0 Å². The van der Waals surface area contributed by atoms with Gasteiger partial charge in [-0.3, -0.25) is 14.7 Å². The summed E-state index contributed by atoms with van der Waals surface area (Å²) in [4.78, 5) is 22.2. The van der Waals surface area contributed by atoms with E-state index in [1.165, 1.54) is 51.4 Å². The van der Waals surface area contributed by atoms with E-state index in [2.05, 4.69) is 25.4 Å². The summed E-state index contributed by atoms with van der Waals surface area (Å²) >= 11 is 0. The van der Waals surface area contributed by atoms with Gasteiger partial charge in [0.15, 0.2) is 5.96 Å². The van der Waals surface area contributed by atoms with E-state index in [1.807, 2.05) is 7.05 Å². The molecule has 1 unspecified atom stereocenters. The van der Waals surface area contributed by atoms with Crippen molar-refractivity contribution in [1.29, 1.82) is 0 Å². The van der Waals surface area contributed by atoms with Gasteiger partial charge < -0.3 is 20.3 Å². The third-order valence-corrected chi connectivity index (χ3v) is 8.07. The molecule has 2 aliphatic heterocycles. The third-order valence-electron chi connectivity index (χ3n) is 8.07. The average molecular weight is 562 g/mol. The van der Waals surface area contributed by atoms with E-state index in [-0.39, 0.29) is 35.4 Å². The Kier molecular flexibility index (Phi) is 10.4. The monoisotopic (exact) mass is 561 g/mol. The van der Waals surface area contributed by atoms with Crippen LogP contribution in [0.4, 0.5) is 0 Å². The number of carbonyl (C=O) groups is 1. The number of carbonyl (C=O) groups excluding carboxylic acids is 1. The normalized spacial score (nSPS) is 27.6. The topological polar surface area (TPSA) is 69.2 Å². The summed E-state index contributed by atoms with van der Waals surface area (Å²) in [6.07, 6.45) is 13.4. The maximum Gasteiger partial charge on any atom is 0.225 e. The van der Waals surface area contributed by atoms with Crippen molar-refractivity contribution in [3.63, 3.8) is 0 Å². The largest absolute Gasteiger partial charge is 0.379 e. The molecular weight excluding hydrogens is 517 g/mol. The number of hydrogen-bond donors (Lipinski definition) is 2. The third kappa shape index (κ3) is 6.50. The van der Waals surface area contributed by atoms with Crippen molar-refractivity contribution < 1.29 is 9.53 Å². The van der Waals surface area contributed by atoms with Gasteiger partial charge in [-0.15, -0.1) is 24.0 Å². The van der Waals surface area contributed by atoms with E-state index in [0.29, 0.717) is 11.9 Å².